The quantitative estimate of drug-likeness (QED) is 0.414. The van der Waals surface area contributed by atoms with Gasteiger partial charge in [0.15, 0.2) is 5.75 Å². The van der Waals surface area contributed by atoms with E-state index in [-0.39, 0.29) is 32.7 Å². The number of H-pyrrole nitrogens is 1. The van der Waals surface area contributed by atoms with Crippen LogP contribution in [0.15, 0.2) is 44.7 Å². The van der Waals surface area contributed by atoms with Crippen LogP contribution in [0.2, 0.25) is 0 Å². The zero-order valence-electron chi connectivity index (χ0n) is 14.7. The fourth-order valence-electron chi connectivity index (χ4n) is 2.45. The van der Waals surface area contributed by atoms with Gasteiger partial charge in [0, 0.05) is 3.57 Å². The second kappa shape index (κ2) is 8.09. The maximum absolute atomic E-state index is 14.3. The van der Waals surface area contributed by atoms with Crippen molar-refractivity contribution in [1.82, 2.24) is 4.98 Å². The number of nitrogens with one attached hydrogen (secondary N) is 3. The number of halogens is 2. The SMILES string of the molecule is COc1c(NS(=O)(=O)c2cccs2)c(Nc2ccc(I)cc2F)[nH]c(=O)c1C. The molecule has 2 aromatic heterocycles. The van der Waals surface area contributed by atoms with E-state index in [2.05, 4.69) is 15.0 Å². The lowest BCUT2D eigenvalue weighted by Crippen LogP contribution is -2.20. The molecule has 148 valence electrons. The van der Waals surface area contributed by atoms with Gasteiger partial charge in [-0.15, -0.1) is 11.3 Å². The summed E-state index contributed by atoms with van der Waals surface area (Å²) in [4.78, 5) is 14.8. The zero-order chi connectivity index (χ0) is 20.5. The summed E-state index contributed by atoms with van der Waals surface area (Å²) in [5.41, 5.74) is -0.270. The highest BCUT2D eigenvalue weighted by Crippen LogP contribution is 2.36. The van der Waals surface area contributed by atoms with Gasteiger partial charge in [-0.25, -0.2) is 12.8 Å². The maximum atomic E-state index is 14.3. The van der Waals surface area contributed by atoms with E-state index in [0.29, 0.717) is 3.57 Å². The molecule has 0 bridgehead atoms. The molecule has 0 saturated carbocycles. The molecule has 0 aliphatic carbocycles. The standard InChI is InChI=1S/C17H15FIN3O4S2/c1-9-15(26-2)14(22-28(24,25)13-4-3-7-27-13)16(21-17(9)23)20-12-6-5-10(19)8-11(12)18/h3-8,22H,1-2H3,(H2,20,21,23). The highest BCUT2D eigenvalue weighted by atomic mass is 127. The van der Waals surface area contributed by atoms with Gasteiger partial charge in [-0.05, 0) is 59.2 Å². The average molecular weight is 535 g/mol. The number of hydrogen-bond acceptors (Lipinski definition) is 6. The Balaban J connectivity index is 2.14. The van der Waals surface area contributed by atoms with Crippen LogP contribution in [0, 0.1) is 16.3 Å². The molecule has 1 aromatic carbocycles. The van der Waals surface area contributed by atoms with Crippen LogP contribution in [-0.2, 0) is 10.0 Å². The van der Waals surface area contributed by atoms with Gasteiger partial charge in [-0.3, -0.25) is 9.52 Å². The van der Waals surface area contributed by atoms with E-state index in [9.17, 15) is 17.6 Å². The van der Waals surface area contributed by atoms with E-state index in [4.69, 9.17) is 4.74 Å². The van der Waals surface area contributed by atoms with Gasteiger partial charge >= 0.3 is 0 Å². The molecule has 0 atom stereocenters. The number of anilines is 3. The van der Waals surface area contributed by atoms with E-state index in [1.165, 1.54) is 32.2 Å². The molecule has 0 aliphatic rings. The number of aromatic nitrogens is 1. The largest absolute Gasteiger partial charge is 0.494 e. The van der Waals surface area contributed by atoms with Crippen molar-refractivity contribution < 1.29 is 17.5 Å². The molecule has 0 aliphatic heterocycles. The van der Waals surface area contributed by atoms with E-state index >= 15 is 0 Å². The van der Waals surface area contributed by atoms with Gasteiger partial charge in [0.1, 0.15) is 21.5 Å². The molecule has 7 nitrogen and oxygen atoms in total. The Labute approximate surface area is 178 Å². The van der Waals surface area contributed by atoms with Crippen molar-refractivity contribution in [3.63, 3.8) is 0 Å². The Hall–Kier alpha value is -2.12. The molecule has 3 rings (SSSR count). The summed E-state index contributed by atoms with van der Waals surface area (Å²) < 4.78 is 48.1. The first kappa shape index (κ1) is 20.6. The smallest absolute Gasteiger partial charge is 0.271 e. The van der Waals surface area contributed by atoms with Crippen molar-refractivity contribution in [1.29, 1.82) is 0 Å². The number of hydrogen-bond donors (Lipinski definition) is 3. The lowest BCUT2D eigenvalue weighted by molar-refractivity contribution is 0.413. The predicted molar refractivity (Wildman–Crippen MR) is 116 cm³/mol. The fraction of sp³-hybridized carbons (Fsp3) is 0.118. The fourth-order valence-corrected chi connectivity index (χ4v) is 4.97. The van der Waals surface area contributed by atoms with Crippen molar-refractivity contribution >= 4 is 61.1 Å². The number of thiophene rings is 1. The summed E-state index contributed by atoms with van der Waals surface area (Å²) in [6.07, 6.45) is 0. The van der Waals surface area contributed by atoms with Crippen LogP contribution in [0.1, 0.15) is 5.56 Å². The van der Waals surface area contributed by atoms with Crippen LogP contribution < -0.4 is 20.3 Å². The van der Waals surface area contributed by atoms with Crippen LogP contribution in [0.25, 0.3) is 0 Å². The molecule has 28 heavy (non-hydrogen) atoms. The van der Waals surface area contributed by atoms with Crippen molar-refractivity contribution in [2.24, 2.45) is 0 Å². The van der Waals surface area contributed by atoms with Gasteiger partial charge in [0.2, 0.25) is 0 Å². The first-order valence-corrected chi connectivity index (χ1v) is 11.3. The third kappa shape index (κ3) is 4.15. The Morgan fingerprint density at radius 2 is 2.04 bits per heavy atom. The van der Waals surface area contributed by atoms with Crippen LogP contribution in [-0.4, -0.2) is 20.5 Å². The van der Waals surface area contributed by atoms with Crippen molar-refractivity contribution in [2.45, 2.75) is 11.1 Å². The van der Waals surface area contributed by atoms with E-state index in [1.54, 1.807) is 17.5 Å². The number of aromatic amines is 1. The van der Waals surface area contributed by atoms with Crippen LogP contribution in [0.5, 0.6) is 5.75 Å². The second-order valence-corrected chi connectivity index (χ2v) is 9.75. The molecule has 3 N–H and O–H groups in total. The average Bonchev–Trinajstić information content (AvgIpc) is 3.17. The monoisotopic (exact) mass is 535 g/mol. The topological polar surface area (TPSA) is 100 Å². The van der Waals surface area contributed by atoms with Crippen molar-refractivity contribution in [3.05, 3.63) is 61.0 Å². The van der Waals surface area contributed by atoms with Crippen LogP contribution in [0.3, 0.4) is 0 Å². The number of sulfonamides is 1. The maximum Gasteiger partial charge on any atom is 0.271 e. The minimum absolute atomic E-state index is 0.0223. The molecule has 0 spiro atoms. The zero-order valence-corrected chi connectivity index (χ0v) is 18.5. The van der Waals surface area contributed by atoms with E-state index in [0.717, 1.165) is 11.3 Å². The molecule has 0 fully saturated rings. The second-order valence-electron chi connectivity index (χ2n) is 5.65. The normalized spacial score (nSPS) is 11.3. The van der Waals surface area contributed by atoms with Crippen molar-refractivity contribution in [2.75, 3.05) is 17.1 Å². The summed E-state index contributed by atoms with van der Waals surface area (Å²) in [6, 6.07) is 7.52. The summed E-state index contributed by atoms with van der Waals surface area (Å²) in [6.45, 7) is 1.50. The molecule has 0 unspecified atom stereocenters. The lowest BCUT2D eigenvalue weighted by Gasteiger charge is -2.18. The molecule has 3 aromatic rings. The third-order valence-electron chi connectivity index (χ3n) is 3.79. The minimum atomic E-state index is -3.93. The summed E-state index contributed by atoms with van der Waals surface area (Å²) >= 11 is 3.01. The van der Waals surface area contributed by atoms with Crippen LogP contribution >= 0.6 is 33.9 Å². The van der Waals surface area contributed by atoms with E-state index in [1.807, 2.05) is 22.6 Å². The summed E-state index contributed by atoms with van der Waals surface area (Å²) in [7, 11) is -2.61. The minimum Gasteiger partial charge on any atom is -0.494 e. The predicted octanol–water partition coefficient (Wildman–Crippen LogP) is 4.04. The molecule has 11 heteroatoms. The summed E-state index contributed by atoms with van der Waals surface area (Å²) in [5, 5.41) is 4.37. The Kier molecular flexibility index (Phi) is 5.95. The van der Waals surface area contributed by atoms with Crippen molar-refractivity contribution in [3.8, 4) is 5.75 Å². The highest BCUT2D eigenvalue weighted by Gasteiger charge is 2.23. The molecule has 0 saturated heterocycles. The molecule has 2 heterocycles. The summed E-state index contributed by atoms with van der Waals surface area (Å²) in [5.74, 6) is -0.552. The molecule has 0 amide bonds. The highest BCUT2D eigenvalue weighted by molar-refractivity contribution is 14.1. The Morgan fingerprint density at radius 1 is 1.29 bits per heavy atom. The lowest BCUT2D eigenvalue weighted by atomic mass is 10.2. The van der Waals surface area contributed by atoms with Gasteiger partial charge in [0.25, 0.3) is 15.6 Å². The van der Waals surface area contributed by atoms with Gasteiger partial charge < -0.3 is 15.0 Å². The third-order valence-corrected chi connectivity index (χ3v) is 7.21. The molecular formula is C17H15FIN3O4S2. The number of pyridine rings is 1. The van der Waals surface area contributed by atoms with Gasteiger partial charge in [-0.2, -0.15) is 0 Å². The van der Waals surface area contributed by atoms with Gasteiger partial charge in [0.05, 0.1) is 18.4 Å². The molecular weight excluding hydrogens is 520 g/mol. The van der Waals surface area contributed by atoms with Gasteiger partial charge in [-0.1, -0.05) is 6.07 Å². The van der Waals surface area contributed by atoms with Crippen LogP contribution in [0.4, 0.5) is 21.6 Å². The van der Waals surface area contributed by atoms with E-state index < -0.39 is 21.4 Å². The number of ether oxygens (including phenoxy) is 1. The first-order chi connectivity index (χ1) is 13.2. The number of benzene rings is 1. The Morgan fingerprint density at radius 3 is 2.64 bits per heavy atom. The number of methoxy groups -OCH3 is 1. The molecule has 0 radical (unpaired) electrons. The number of rotatable bonds is 6. The first-order valence-electron chi connectivity index (χ1n) is 7.82. The Bertz CT molecular complexity index is 1180.